The van der Waals surface area contributed by atoms with Gasteiger partial charge < -0.3 is 9.47 Å². The molecule has 1 fully saturated rings. The molecule has 5 heteroatoms. The van der Waals surface area contributed by atoms with Crippen molar-refractivity contribution < 1.29 is 0 Å². The molecular weight excluding hydrogens is 328 g/mol. The molecular formula is C16H21BrN4. The normalized spacial score (nSPS) is 17.4. The van der Waals surface area contributed by atoms with E-state index in [1.54, 1.807) is 0 Å². The van der Waals surface area contributed by atoms with Gasteiger partial charge in [0, 0.05) is 30.7 Å². The fourth-order valence-electron chi connectivity index (χ4n) is 2.80. The second kappa shape index (κ2) is 6.30. The summed E-state index contributed by atoms with van der Waals surface area (Å²) < 4.78 is 3.25. The largest absolute Gasteiger partial charge is 0.322 e. The van der Waals surface area contributed by atoms with Crippen LogP contribution < -0.4 is 0 Å². The standard InChI is InChI=1S/C16H21BrN4/c1-13(17)11-21-15-6-4-3-5-14(15)18-16(21)12-20-9-7-19(2)8-10-20/h3-6H,1,7-12H2,2H3. The monoisotopic (exact) mass is 348 g/mol. The van der Waals surface area contributed by atoms with Gasteiger partial charge in [0.2, 0.25) is 0 Å². The third-order valence-corrected chi connectivity index (χ3v) is 4.27. The number of allylic oxidation sites excluding steroid dienone is 1. The van der Waals surface area contributed by atoms with Crippen LogP contribution in [-0.2, 0) is 13.1 Å². The summed E-state index contributed by atoms with van der Waals surface area (Å²) in [4.78, 5) is 9.68. The Balaban J connectivity index is 1.88. The van der Waals surface area contributed by atoms with Crippen LogP contribution in [0.1, 0.15) is 5.82 Å². The van der Waals surface area contributed by atoms with E-state index in [0.717, 1.165) is 55.1 Å². The fourth-order valence-corrected chi connectivity index (χ4v) is 3.05. The first-order valence-electron chi connectivity index (χ1n) is 7.32. The molecule has 3 rings (SSSR count). The molecule has 0 atom stereocenters. The van der Waals surface area contributed by atoms with Gasteiger partial charge in [-0.05, 0) is 19.2 Å². The minimum Gasteiger partial charge on any atom is -0.322 e. The average Bonchev–Trinajstić information content (AvgIpc) is 2.79. The van der Waals surface area contributed by atoms with Gasteiger partial charge in [-0.2, -0.15) is 0 Å². The Bertz CT molecular complexity index is 641. The molecule has 1 saturated heterocycles. The van der Waals surface area contributed by atoms with Crippen LogP contribution in [0.25, 0.3) is 11.0 Å². The Hall–Kier alpha value is -1.17. The lowest BCUT2D eigenvalue weighted by molar-refractivity contribution is 0.144. The number of hydrogen-bond acceptors (Lipinski definition) is 3. The third-order valence-electron chi connectivity index (χ3n) is 4.02. The Morgan fingerprint density at radius 1 is 1.24 bits per heavy atom. The smallest absolute Gasteiger partial charge is 0.124 e. The van der Waals surface area contributed by atoms with E-state index in [2.05, 4.69) is 62.1 Å². The summed E-state index contributed by atoms with van der Waals surface area (Å²) in [6.45, 7) is 10.1. The summed E-state index contributed by atoms with van der Waals surface area (Å²) in [5.41, 5.74) is 2.25. The van der Waals surface area contributed by atoms with Crippen molar-refractivity contribution in [1.82, 2.24) is 19.4 Å². The van der Waals surface area contributed by atoms with Gasteiger partial charge in [-0.1, -0.05) is 34.6 Å². The van der Waals surface area contributed by atoms with Crippen molar-refractivity contribution in [1.29, 1.82) is 0 Å². The number of aromatic nitrogens is 2. The molecule has 0 unspecified atom stereocenters. The van der Waals surface area contributed by atoms with E-state index in [-0.39, 0.29) is 0 Å². The summed E-state index contributed by atoms with van der Waals surface area (Å²) in [7, 11) is 2.18. The maximum Gasteiger partial charge on any atom is 0.124 e. The van der Waals surface area contributed by atoms with Crippen molar-refractivity contribution in [3.63, 3.8) is 0 Å². The Kier molecular flexibility index (Phi) is 4.42. The molecule has 0 bridgehead atoms. The molecule has 1 aliphatic heterocycles. The Labute approximate surface area is 134 Å². The molecule has 0 N–H and O–H groups in total. The molecule has 0 radical (unpaired) electrons. The molecule has 1 aromatic carbocycles. The van der Waals surface area contributed by atoms with Crippen molar-refractivity contribution in [3.8, 4) is 0 Å². The number of imidazole rings is 1. The van der Waals surface area contributed by atoms with Gasteiger partial charge >= 0.3 is 0 Å². The highest BCUT2D eigenvalue weighted by molar-refractivity contribution is 9.11. The van der Waals surface area contributed by atoms with Gasteiger partial charge in [0.1, 0.15) is 5.82 Å². The second-order valence-corrected chi connectivity index (χ2v) is 6.82. The number of likely N-dealkylation sites (N-methyl/N-ethyl adjacent to an activating group) is 1. The van der Waals surface area contributed by atoms with E-state index in [1.165, 1.54) is 5.52 Å². The van der Waals surface area contributed by atoms with Crippen LogP contribution in [0.5, 0.6) is 0 Å². The van der Waals surface area contributed by atoms with Crippen LogP contribution in [0.15, 0.2) is 35.3 Å². The van der Waals surface area contributed by atoms with E-state index in [9.17, 15) is 0 Å². The zero-order chi connectivity index (χ0) is 14.8. The number of rotatable bonds is 4. The van der Waals surface area contributed by atoms with E-state index < -0.39 is 0 Å². The zero-order valence-corrected chi connectivity index (χ0v) is 14.0. The predicted molar refractivity (Wildman–Crippen MR) is 90.6 cm³/mol. The van der Waals surface area contributed by atoms with E-state index in [4.69, 9.17) is 4.98 Å². The molecule has 0 saturated carbocycles. The van der Waals surface area contributed by atoms with Crippen LogP contribution in [0.4, 0.5) is 0 Å². The molecule has 2 aromatic rings. The number of nitrogens with zero attached hydrogens (tertiary/aromatic N) is 4. The maximum atomic E-state index is 4.82. The molecule has 1 aliphatic rings. The van der Waals surface area contributed by atoms with Gasteiger partial charge in [0.05, 0.1) is 24.1 Å². The summed E-state index contributed by atoms with van der Waals surface area (Å²) in [5, 5.41) is 0. The molecule has 0 spiro atoms. The number of fused-ring (bicyclic) bond motifs is 1. The minimum atomic E-state index is 0.767. The number of para-hydroxylation sites is 2. The van der Waals surface area contributed by atoms with E-state index in [1.807, 2.05) is 6.07 Å². The van der Waals surface area contributed by atoms with E-state index in [0.29, 0.717) is 0 Å². The lowest BCUT2D eigenvalue weighted by atomic mass is 10.3. The van der Waals surface area contributed by atoms with Crippen LogP contribution >= 0.6 is 15.9 Å². The summed E-state index contributed by atoms with van der Waals surface area (Å²) in [6, 6.07) is 8.32. The van der Waals surface area contributed by atoms with E-state index >= 15 is 0 Å². The first kappa shape index (κ1) is 14.8. The molecule has 112 valence electrons. The lowest BCUT2D eigenvalue weighted by Gasteiger charge is -2.32. The van der Waals surface area contributed by atoms with Gasteiger partial charge in [0.15, 0.2) is 0 Å². The predicted octanol–water partition coefficient (Wildman–Crippen LogP) is 2.69. The van der Waals surface area contributed by atoms with Gasteiger partial charge in [0.25, 0.3) is 0 Å². The van der Waals surface area contributed by atoms with Crippen molar-refractivity contribution in [2.24, 2.45) is 0 Å². The molecule has 0 aliphatic carbocycles. The Morgan fingerprint density at radius 2 is 1.95 bits per heavy atom. The highest BCUT2D eigenvalue weighted by Crippen LogP contribution is 2.20. The molecule has 1 aromatic heterocycles. The third kappa shape index (κ3) is 3.36. The van der Waals surface area contributed by atoms with Crippen LogP contribution in [-0.4, -0.2) is 52.6 Å². The maximum absolute atomic E-state index is 4.82. The average molecular weight is 349 g/mol. The summed E-state index contributed by atoms with van der Waals surface area (Å²) in [5.74, 6) is 1.13. The quantitative estimate of drug-likeness (QED) is 0.848. The first-order chi connectivity index (χ1) is 10.1. The SMILES string of the molecule is C=C(Br)Cn1c(CN2CCN(C)CC2)nc2ccccc21. The minimum absolute atomic E-state index is 0.767. The van der Waals surface area contributed by atoms with Gasteiger partial charge in [-0.3, -0.25) is 4.90 Å². The number of halogens is 1. The van der Waals surface area contributed by atoms with Crippen LogP contribution in [0, 0.1) is 0 Å². The van der Waals surface area contributed by atoms with Crippen LogP contribution in [0.2, 0.25) is 0 Å². The Morgan fingerprint density at radius 3 is 2.67 bits per heavy atom. The number of hydrogen-bond donors (Lipinski definition) is 0. The highest BCUT2D eigenvalue weighted by Gasteiger charge is 2.18. The second-order valence-electron chi connectivity index (χ2n) is 5.70. The fraction of sp³-hybridized carbons (Fsp3) is 0.438. The first-order valence-corrected chi connectivity index (χ1v) is 8.11. The zero-order valence-electron chi connectivity index (χ0n) is 12.4. The number of piperazine rings is 1. The van der Waals surface area contributed by atoms with Gasteiger partial charge in [-0.25, -0.2) is 4.98 Å². The summed E-state index contributed by atoms with van der Waals surface area (Å²) in [6.07, 6.45) is 0. The van der Waals surface area contributed by atoms with Crippen molar-refractivity contribution in [2.75, 3.05) is 33.2 Å². The van der Waals surface area contributed by atoms with Gasteiger partial charge in [-0.15, -0.1) is 0 Å². The molecule has 4 nitrogen and oxygen atoms in total. The summed E-state index contributed by atoms with van der Waals surface area (Å²) >= 11 is 3.49. The molecule has 2 heterocycles. The topological polar surface area (TPSA) is 24.3 Å². The van der Waals surface area contributed by atoms with Crippen molar-refractivity contribution in [3.05, 3.63) is 41.2 Å². The molecule has 21 heavy (non-hydrogen) atoms. The van der Waals surface area contributed by atoms with Crippen molar-refractivity contribution >= 4 is 27.0 Å². The highest BCUT2D eigenvalue weighted by atomic mass is 79.9. The molecule has 0 amide bonds. The van der Waals surface area contributed by atoms with Crippen molar-refractivity contribution in [2.45, 2.75) is 13.1 Å². The van der Waals surface area contributed by atoms with Crippen LogP contribution in [0.3, 0.4) is 0 Å². The number of benzene rings is 1. The lowest BCUT2D eigenvalue weighted by Crippen LogP contribution is -2.44.